The topological polar surface area (TPSA) is 74.0 Å². The molecule has 0 aliphatic carbocycles. The largest absolute Gasteiger partial charge is 0.411 e. The van der Waals surface area contributed by atoms with Crippen LogP contribution in [-0.2, 0) is 18.0 Å². The number of amides is 1. The summed E-state index contributed by atoms with van der Waals surface area (Å²) in [6.45, 7) is 2.63. The van der Waals surface area contributed by atoms with E-state index in [0.717, 1.165) is 21.4 Å². The highest BCUT2D eigenvalue weighted by Gasteiger charge is 2.27. The lowest BCUT2D eigenvalue weighted by Gasteiger charge is -2.08. The summed E-state index contributed by atoms with van der Waals surface area (Å²) in [5.74, 6) is -0.359. The van der Waals surface area contributed by atoms with Crippen molar-refractivity contribution in [2.75, 3.05) is 11.9 Å². The first kappa shape index (κ1) is 22.0. The van der Waals surface area contributed by atoms with Crippen LogP contribution in [0.1, 0.15) is 27.3 Å². The van der Waals surface area contributed by atoms with Gasteiger partial charge in [0.2, 0.25) is 0 Å². The second-order valence-electron chi connectivity index (χ2n) is 6.66. The third-order valence-electron chi connectivity index (χ3n) is 4.20. The lowest BCUT2D eigenvalue weighted by Crippen LogP contribution is -2.18. The van der Waals surface area contributed by atoms with Gasteiger partial charge in [0.1, 0.15) is 13.3 Å². The first-order chi connectivity index (χ1) is 14.1. The first-order valence-electron chi connectivity index (χ1n) is 8.89. The van der Waals surface area contributed by atoms with Crippen LogP contribution in [0.5, 0.6) is 0 Å². The molecule has 0 radical (unpaired) electrons. The van der Waals surface area contributed by atoms with Gasteiger partial charge in [0, 0.05) is 5.56 Å². The molecule has 0 aliphatic heterocycles. The Morgan fingerprint density at radius 3 is 2.73 bits per heavy atom. The van der Waals surface area contributed by atoms with E-state index in [1.54, 1.807) is 18.2 Å². The SMILES string of the molecule is Cc1nn(Cc2cccc(C(=O)Nc3cnn(COCC(F)(F)F)c3)c2)c(C)c1Br. The lowest BCUT2D eigenvalue weighted by molar-refractivity contribution is -0.182. The van der Waals surface area contributed by atoms with Crippen LogP contribution >= 0.6 is 15.9 Å². The number of aromatic nitrogens is 4. The van der Waals surface area contributed by atoms with E-state index in [2.05, 4.69) is 36.2 Å². The summed E-state index contributed by atoms with van der Waals surface area (Å²) in [4.78, 5) is 12.5. The Bertz CT molecular complexity index is 1050. The Kier molecular flexibility index (Phi) is 6.61. The van der Waals surface area contributed by atoms with Crippen LogP contribution in [-0.4, -0.2) is 38.3 Å². The van der Waals surface area contributed by atoms with Gasteiger partial charge in [-0.2, -0.15) is 23.4 Å². The molecule has 0 bridgehead atoms. The average Bonchev–Trinajstić information content (AvgIpc) is 3.21. The van der Waals surface area contributed by atoms with Crippen molar-refractivity contribution in [3.63, 3.8) is 0 Å². The summed E-state index contributed by atoms with van der Waals surface area (Å²) < 4.78 is 44.8. The highest BCUT2D eigenvalue weighted by Crippen LogP contribution is 2.21. The number of rotatable bonds is 7. The maximum atomic E-state index is 12.5. The minimum atomic E-state index is -4.40. The summed E-state index contributed by atoms with van der Waals surface area (Å²) in [6.07, 6.45) is -1.67. The van der Waals surface area contributed by atoms with Crippen LogP contribution in [0.25, 0.3) is 0 Å². The summed E-state index contributed by atoms with van der Waals surface area (Å²) in [7, 11) is 0. The molecule has 1 N–H and O–H groups in total. The van der Waals surface area contributed by atoms with Gasteiger partial charge < -0.3 is 10.1 Å². The zero-order valence-corrected chi connectivity index (χ0v) is 17.8. The predicted molar refractivity (Wildman–Crippen MR) is 107 cm³/mol. The van der Waals surface area contributed by atoms with Crippen LogP contribution in [0, 0.1) is 13.8 Å². The Hall–Kier alpha value is -2.66. The third-order valence-corrected chi connectivity index (χ3v) is 5.34. The van der Waals surface area contributed by atoms with Crippen LogP contribution in [0.3, 0.4) is 0 Å². The Labute approximate surface area is 179 Å². The molecule has 0 spiro atoms. The number of hydrogen-bond acceptors (Lipinski definition) is 4. The molecule has 7 nitrogen and oxygen atoms in total. The zero-order chi connectivity index (χ0) is 21.9. The molecule has 3 aromatic rings. The van der Waals surface area contributed by atoms with Gasteiger partial charge in [-0.3, -0.25) is 9.48 Å². The Morgan fingerprint density at radius 2 is 2.07 bits per heavy atom. The molecule has 30 heavy (non-hydrogen) atoms. The fourth-order valence-corrected chi connectivity index (χ4v) is 3.05. The Balaban J connectivity index is 1.62. The summed E-state index contributed by atoms with van der Waals surface area (Å²) in [5.41, 5.74) is 3.56. The second kappa shape index (κ2) is 9.00. The summed E-state index contributed by atoms with van der Waals surface area (Å²) >= 11 is 3.50. The number of nitrogens with one attached hydrogen (secondary N) is 1. The van der Waals surface area contributed by atoms with Crippen LogP contribution in [0.4, 0.5) is 18.9 Å². The number of anilines is 1. The first-order valence-corrected chi connectivity index (χ1v) is 9.68. The predicted octanol–water partition coefficient (Wildman–Crippen LogP) is 4.30. The lowest BCUT2D eigenvalue weighted by atomic mass is 10.1. The highest BCUT2D eigenvalue weighted by molar-refractivity contribution is 9.10. The Morgan fingerprint density at radius 1 is 1.30 bits per heavy atom. The van der Waals surface area contributed by atoms with Crippen molar-refractivity contribution in [3.8, 4) is 0 Å². The van der Waals surface area contributed by atoms with E-state index in [9.17, 15) is 18.0 Å². The number of halogens is 4. The zero-order valence-electron chi connectivity index (χ0n) is 16.2. The van der Waals surface area contributed by atoms with Gasteiger partial charge in [0.15, 0.2) is 0 Å². The van der Waals surface area contributed by atoms with Gasteiger partial charge in [-0.1, -0.05) is 12.1 Å². The molecular formula is C19H19BrF3N5O2. The van der Waals surface area contributed by atoms with Gasteiger partial charge in [-0.25, -0.2) is 4.68 Å². The third kappa shape index (κ3) is 5.70. The smallest absolute Gasteiger partial charge is 0.350 e. The molecule has 0 saturated carbocycles. The van der Waals surface area contributed by atoms with Crippen molar-refractivity contribution in [2.45, 2.75) is 33.3 Å². The van der Waals surface area contributed by atoms with Crippen molar-refractivity contribution in [2.24, 2.45) is 0 Å². The van der Waals surface area contributed by atoms with Gasteiger partial charge in [-0.15, -0.1) is 0 Å². The molecular weight excluding hydrogens is 467 g/mol. The number of alkyl halides is 3. The number of carbonyl (C=O) groups is 1. The molecule has 2 heterocycles. The molecule has 0 saturated heterocycles. The molecule has 160 valence electrons. The van der Waals surface area contributed by atoms with Gasteiger partial charge in [-0.05, 0) is 47.5 Å². The second-order valence-corrected chi connectivity index (χ2v) is 7.45. The number of aryl methyl sites for hydroxylation is 1. The quantitative estimate of drug-likeness (QED) is 0.541. The van der Waals surface area contributed by atoms with E-state index in [0.29, 0.717) is 17.8 Å². The molecule has 0 aliphatic rings. The average molecular weight is 486 g/mol. The molecule has 1 aromatic carbocycles. The number of ether oxygens (including phenoxy) is 1. The normalized spacial score (nSPS) is 11.7. The fraction of sp³-hybridized carbons (Fsp3) is 0.316. The van der Waals surface area contributed by atoms with E-state index in [-0.39, 0.29) is 12.6 Å². The van der Waals surface area contributed by atoms with Crippen molar-refractivity contribution >= 4 is 27.5 Å². The number of benzene rings is 1. The maximum Gasteiger partial charge on any atom is 0.411 e. The standard InChI is InChI=1S/C19H19BrF3N5O2/c1-12-17(20)13(2)28(26-12)8-14-4-3-5-15(6-14)18(29)25-16-7-24-27(9-16)11-30-10-19(21,22)23/h3-7,9H,8,10-11H2,1-2H3,(H,25,29). The minimum absolute atomic E-state index is 0.350. The number of hydrogen-bond donors (Lipinski definition) is 1. The number of carbonyl (C=O) groups excluding carboxylic acids is 1. The summed E-state index contributed by atoms with van der Waals surface area (Å²) in [5, 5.41) is 11.0. The maximum absolute atomic E-state index is 12.5. The summed E-state index contributed by atoms with van der Waals surface area (Å²) in [6, 6.07) is 7.11. The van der Waals surface area contributed by atoms with Crippen molar-refractivity contribution in [1.82, 2.24) is 19.6 Å². The van der Waals surface area contributed by atoms with Crippen molar-refractivity contribution < 1.29 is 22.7 Å². The molecule has 0 fully saturated rings. The van der Waals surface area contributed by atoms with E-state index < -0.39 is 12.8 Å². The molecule has 0 atom stereocenters. The van der Waals surface area contributed by atoms with E-state index >= 15 is 0 Å². The fourth-order valence-electron chi connectivity index (χ4n) is 2.77. The van der Waals surface area contributed by atoms with E-state index in [1.165, 1.54) is 17.1 Å². The van der Waals surface area contributed by atoms with Crippen LogP contribution < -0.4 is 5.32 Å². The molecule has 11 heteroatoms. The molecule has 0 unspecified atom stereocenters. The highest BCUT2D eigenvalue weighted by atomic mass is 79.9. The van der Waals surface area contributed by atoms with E-state index in [1.807, 2.05) is 24.6 Å². The van der Waals surface area contributed by atoms with Crippen LogP contribution in [0.2, 0.25) is 0 Å². The molecule has 3 rings (SSSR count). The van der Waals surface area contributed by atoms with Gasteiger partial charge in [0.25, 0.3) is 5.91 Å². The van der Waals surface area contributed by atoms with Crippen molar-refractivity contribution in [1.29, 1.82) is 0 Å². The van der Waals surface area contributed by atoms with E-state index in [4.69, 9.17) is 0 Å². The van der Waals surface area contributed by atoms with Crippen LogP contribution in [0.15, 0.2) is 41.1 Å². The molecule has 2 aromatic heterocycles. The van der Waals surface area contributed by atoms with Gasteiger partial charge in [0.05, 0.1) is 40.5 Å². The van der Waals surface area contributed by atoms with Crippen molar-refractivity contribution in [3.05, 3.63) is 63.6 Å². The molecule has 1 amide bonds. The number of nitrogens with zero attached hydrogens (tertiary/aromatic N) is 4. The minimum Gasteiger partial charge on any atom is -0.350 e. The monoisotopic (exact) mass is 485 g/mol. The van der Waals surface area contributed by atoms with Gasteiger partial charge >= 0.3 is 6.18 Å².